The summed E-state index contributed by atoms with van der Waals surface area (Å²) in [5.41, 5.74) is 0.722. The van der Waals surface area contributed by atoms with Crippen LogP contribution >= 0.6 is 11.6 Å². The van der Waals surface area contributed by atoms with Crippen LogP contribution in [0, 0.1) is 29.4 Å². The molecule has 3 rings (SSSR count). The number of fused-ring (bicyclic) bond motifs is 1. The van der Waals surface area contributed by atoms with Crippen LogP contribution in [0.4, 0.5) is 8.78 Å². The molecule has 0 aliphatic heterocycles. The second-order valence-corrected chi connectivity index (χ2v) is 5.38. The van der Waals surface area contributed by atoms with Crippen LogP contribution in [0.1, 0.15) is 30.2 Å². The highest BCUT2D eigenvalue weighted by Gasteiger charge is 2.55. The van der Waals surface area contributed by atoms with Crippen molar-refractivity contribution in [3.05, 3.63) is 35.4 Å². The molecule has 2 saturated carbocycles. The summed E-state index contributed by atoms with van der Waals surface area (Å²) >= 11 is 6.34. The lowest BCUT2D eigenvalue weighted by atomic mass is 10.0. The lowest BCUT2D eigenvalue weighted by Gasteiger charge is -2.12. The minimum absolute atomic E-state index is 0.148. The van der Waals surface area contributed by atoms with Gasteiger partial charge in [0.05, 0.1) is 5.38 Å². The molecule has 3 unspecified atom stereocenters. The summed E-state index contributed by atoms with van der Waals surface area (Å²) in [6.07, 6.45) is 3.80. The van der Waals surface area contributed by atoms with Gasteiger partial charge in [-0.3, -0.25) is 0 Å². The molecule has 2 aliphatic carbocycles. The van der Waals surface area contributed by atoms with Gasteiger partial charge in [0.1, 0.15) is 0 Å². The number of alkyl halides is 1. The second kappa shape index (κ2) is 3.69. The van der Waals surface area contributed by atoms with E-state index in [2.05, 4.69) is 0 Å². The summed E-state index contributed by atoms with van der Waals surface area (Å²) in [5, 5.41) is -0.148. The molecule has 0 nitrogen and oxygen atoms in total. The zero-order valence-corrected chi connectivity index (χ0v) is 9.55. The van der Waals surface area contributed by atoms with Gasteiger partial charge in [0.15, 0.2) is 11.6 Å². The topological polar surface area (TPSA) is 0 Å². The van der Waals surface area contributed by atoms with Gasteiger partial charge >= 0.3 is 0 Å². The smallest absolute Gasteiger partial charge is 0.159 e. The summed E-state index contributed by atoms with van der Waals surface area (Å²) in [6.45, 7) is 0. The van der Waals surface area contributed by atoms with Gasteiger partial charge in [-0.05, 0) is 48.3 Å². The Morgan fingerprint density at radius 1 is 1.12 bits per heavy atom. The van der Waals surface area contributed by atoms with Crippen LogP contribution in [0.25, 0.3) is 0 Å². The SMILES string of the molecule is Fc1ccc(C(Cl)C2C3CCCC32)cc1F. The zero-order valence-electron chi connectivity index (χ0n) is 8.80. The van der Waals surface area contributed by atoms with Crippen LogP contribution < -0.4 is 0 Å². The van der Waals surface area contributed by atoms with Gasteiger partial charge in [-0.15, -0.1) is 11.6 Å². The number of halogens is 3. The maximum absolute atomic E-state index is 13.1. The number of hydrogen-bond donors (Lipinski definition) is 0. The average Bonchev–Trinajstić information content (AvgIpc) is 2.74. The van der Waals surface area contributed by atoms with E-state index < -0.39 is 11.6 Å². The summed E-state index contributed by atoms with van der Waals surface area (Å²) in [5.74, 6) is 0.351. The van der Waals surface area contributed by atoms with Crippen molar-refractivity contribution in [1.82, 2.24) is 0 Å². The molecule has 1 aromatic rings. The molecule has 0 radical (unpaired) electrons. The second-order valence-electron chi connectivity index (χ2n) is 4.91. The van der Waals surface area contributed by atoms with Crippen LogP contribution in [-0.2, 0) is 0 Å². The van der Waals surface area contributed by atoms with E-state index in [-0.39, 0.29) is 5.38 Å². The van der Waals surface area contributed by atoms with Crippen molar-refractivity contribution in [2.75, 3.05) is 0 Å². The Labute approximate surface area is 98.6 Å². The highest BCUT2D eigenvalue weighted by molar-refractivity contribution is 6.21. The molecule has 0 N–H and O–H groups in total. The van der Waals surface area contributed by atoms with E-state index >= 15 is 0 Å². The Morgan fingerprint density at radius 3 is 2.44 bits per heavy atom. The molecule has 3 atom stereocenters. The molecule has 0 saturated heterocycles. The summed E-state index contributed by atoms with van der Waals surface area (Å²) in [6, 6.07) is 4.00. The van der Waals surface area contributed by atoms with Gasteiger partial charge in [-0.25, -0.2) is 8.78 Å². The lowest BCUT2D eigenvalue weighted by Crippen LogP contribution is -2.00. The molecule has 2 fully saturated rings. The molecule has 1 aromatic carbocycles. The third kappa shape index (κ3) is 1.55. The molecule has 0 spiro atoms. The predicted octanol–water partition coefficient (Wildman–Crippen LogP) is 4.29. The van der Waals surface area contributed by atoms with Gasteiger partial charge in [0.25, 0.3) is 0 Å². The minimum Gasteiger partial charge on any atom is -0.204 e. The first kappa shape index (κ1) is 10.5. The first-order valence-corrected chi connectivity index (χ1v) is 6.21. The fraction of sp³-hybridized carbons (Fsp3) is 0.538. The van der Waals surface area contributed by atoms with Crippen molar-refractivity contribution >= 4 is 11.6 Å². The maximum atomic E-state index is 13.1. The standard InChI is InChI=1S/C13H13ClF2/c14-13(12-8-2-1-3-9(8)12)7-4-5-10(15)11(16)6-7/h4-6,8-9,12-13H,1-3H2. The predicted molar refractivity (Wildman–Crippen MR) is 59.3 cm³/mol. The molecule has 2 aliphatic rings. The first-order chi connectivity index (χ1) is 7.68. The molecule has 0 aromatic heterocycles. The van der Waals surface area contributed by atoms with Crippen molar-refractivity contribution in [2.24, 2.45) is 17.8 Å². The molecular formula is C13H13ClF2. The molecule has 0 amide bonds. The van der Waals surface area contributed by atoms with Gasteiger partial charge < -0.3 is 0 Å². The van der Waals surface area contributed by atoms with E-state index in [4.69, 9.17) is 11.6 Å². The van der Waals surface area contributed by atoms with Crippen LogP contribution in [0.5, 0.6) is 0 Å². The molecule has 16 heavy (non-hydrogen) atoms. The summed E-state index contributed by atoms with van der Waals surface area (Å²) in [7, 11) is 0. The van der Waals surface area contributed by atoms with Crippen LogP contribution in [0.15, 0.2) is 18.2 Å². The largest absolute Gasteiger partial charge is 0.204 e. The van der Waals surface area contributed by atoms with E-state index in [1.807, 2.05) is 0 Å². The van der Waals surface area contributed by atoms with E-state index in [1.54, 1.807) is 6.07 Å². The van der Waals surface area contributed by atoms with Crippen molar-refractivity contribution in [2.45, 2.75) is 24.6 Å². The fourth-order valence-corrected chi connectivity index (χ4v) is 3.73. The molecule has 86 valence electrons. The van der Waals surface area contributed by atoms with E-state index in [1.165, 1.54) is 25.3 Å². The first-order valence-electron chi connectivity index (χ1n) is 5.77. The Kier molecular flexibility index (Phi) is 2.43. The minimum atomic E-state index is -0.802. The third-order valence-corrected chi connectivity index (χ3v) is 4.62. The Balaban J connectivity index is 1.79. The van der Waals surface area contributed by atoms with E-state index in [9.17, 15) is 8.78 Å². The van der Waals surface area contributed by atoms with Crippen LogP contribution in [0.3, 0.4) is 0 Å². The summed E-state index contributed by atoms with van der Waals surface area (Å²) in [4.78, 5) is 0. The van der Waals surface area contributed by atoms with Gasteiger partial charge in [-0.2, -0.15) is 0 Å². The molecule has 0 bridgehead atoms. The number of rotatable bonds is 2. The molecule has 3 heteroatoms. The third-order valence-electron chi connectivity index (χ3n) is 4.07. The van der Waals surface area contributed by atoms with Crippen LogP contribution in [0.2, 0.25) is 0 Å². The fourth-order valence-electron chi connectivity index (χ4n) is 3.22. The lowest BCUT2D eigenvalue weighted by molar-refractivity contribution is 0.504. The molecular weight excluding hydrogens is 230 g/mol. The monoisotopic (exact) mass is 242 g/mol. The van der Waals surface area contributed by atoms with Gasteiger partial charge in [0.2, 0.25) is 0 Å². The Bertz CT molecular complexity index is 408. The van der Waals surface area contributed by atoms with Gasteiger partial charge in [0, 0.05) is 0 Å². The highest BCUT2D eigenvalue weighted by Crippen LogP contribution is 2.63. The average molecular weight is 243 g/mol. The van der Waals surface area contributed by atoms with E-state index in [0.29, 0.717) is 5.92 Å². The van der Waals surface area contributed by atoms with Gasteiger partial charge in [-0.1, -0.05) is 12.5 Å². The number of hydrogen-bond acceptors (Lipinski definition) is 0. The molecule has 0 heterocycles. The van der Waals surface area contributed by atoms with Crippen molar-refractivity contribution in [1.29, 1.82) is 0 Å². The van der Waals surface area contributed by atoms with Crippen LogP contribution in [-0.4, -0.2) is 0 Å². The van der Waals surface area contributed by atoms with Crippen molar-refractivity contribution in [3.8, 4) is 0 Å². The Morgan fingerprint density at radius 2 is 1.81 bits per heavy atom. The number of benzene rings is 1. The van der Waals surface area contributed by atoms with Crippen molar-refractivity contribution in [3.63, 3.8) is 0 Å². The maximum Gasteiger partial charge on any atom is 0.159 e. The summed E-state index contributed by atoms with van der Waals surface area (Å²) < 4.78 is 25.9. The normalized spacial score (nSPS) is 33.6. The van der Waals surface area contributed by atoms with E-state index in [0.717, 1.165) is 23.5 Å². The quantitative estimate of drug-likeness (QED) is 0.679. The Hall–Kier alpha value is -0.630. The van der Waals surface area contributed by atoms with Crippen molar-refractivity contribution < 1.29 is 8.78 Å². The highest BCUT2D eigenvalue weighted by atomic mass is 35.5. The zero-order chi connectivity index (χ0) is 11.3.